The fourth-order valence-electron chi connectivity index (χ4n) is 2.09. The Morgan fingerprint density at radius 2 is 2.04 bits per heavy atom. The zero-order valence-electron chi connectivity index (χ0n) is 13.0. The van der Waals surface area contributed by atoms with Crippen LogP contribution >= 0.6 is 15.9 Å². The molecule has 1 aromatic carbocycles. The van der Waals surface area contributed by atoms with Gasteiger partial charge in [-0.15, -0.1) is 0 Å². The average molecular weight is 421 g/mol. The van der Waals surface area contributed by atoms with Gasteiger partial charge in [-0.2, -0.15) is 18.3 Å². The second-order valence-electron chi connectivity index (χ2n) is 5.21. The standard InChI is InChI=1S/C14H12BrF3N4O3/c1-7-5-9(22(24)25)3-4-10(7)19-11(23)6-21-8(2)12(15)13(20-21)14(16,17)18/h3-5H,6H2,1-2H3,(H,19,23). The summed E-state index contributed by atoms with van der Waals surface area (Å²) in [4.78, 5) is 22.2. The summed E-state index contributed by atoms with van der Waals surface area (Å²) in [6, 6.07) is 3.87. The Hall–Kier alpha value is -2.43. The molecule has 0 atom stereocenters. The summed E-state index contributed by atoms with van der Waals surface area (Å²) in [7, 11) is 0. The SMILES string of the molecule is Cc1cc([N+](=O)[O-])ccc1NC(=O)Cn1nc(C(F)(F)F)c(Br)c1C. The number of anilines is 1. The molecular weight excluding hydrogens is 409 g/mol. The van der Waals surface area contributed by atoms with Crippen molar-refractivity contribution in [1.29, 1.82) is 0 Å². The first kappa shape index (κ1) is 18.9. The van der Waals surface area contributed by atoms with Crippen LogP contribution in [-0.4, -0.2) is 20.6 Å². The van der Waals surface area contributed by atoms with Crippen LogP contribution in [0, 0.1) is 24.0 Å². The van der Waals surface area contributed by atoms with E-state index in [1.54, 1.807) is 6.92 Å². The maximum Gasteiger partial charge on any atom is 0.436 e. The third-order valence-corrected chi connectivity index (χ3v) is 4.34. The Morgan fingerprint density at radius 3 is 2.52 bits per heavy atom. The molecular formula is C14H12BrF3N4O3. The first-order valence-electron chi connectivity index (χ1n) is 6.85. The van der Waals surface area contributed by atoms with E-state index in [0.29, 0.717) is 11.3 Å². The molecule has 0 aliphatic heterocycles. The van der Waals surface area contributed by atoms with Gasteiger partial charge >= 0.3 is 6.18 Å². The van der Waals surface area contributed by atoms with E-state index >= 15 is 0 Å². The van der Waals surface area contributed by atoms with E-state index in [9.17, 15) is 28.1 Å². The number of hydrogen-bond acceptors (Lipinski definition) is 4. The van der Waals surface area contributed by atoms with Crippen molar-refractivity contribution in [2.24, 2.45) is 0 Å². The van der Waals surface area contributed by atoms with E-state index in [0.717, 1.165) is 4.68 Å². The number of hydrogen-bond donors (Lipinski definition) is 1. The molecule has 2 aromatic rings. The number of halogens is 4. The van der Waals surface area contributed by atoms with Crippen LogP contribution in [0.1, 0.15) is 17.0 Å². The van der Waals surface area contributed by atoms with Crippen molar-refractivity contribution in [1.82, 2.24) is 9.78 Å². The Morgan fingerprint density at radius 1 is 1.40 bits per heavy atom. The highest BCUT2D eigenvalue weighted by atomic mass is 79.9. The van der Waals surface area contributed by atoms with E-state index in [2.05, 4.69) is 26.3 Å². The number of aromatic nitrogens is 2. The highest BCUT2D eigenvalue weighted by Crippen LogP contribution is 2.35. The van der Waals surface area contributed by atoms with Gasteiger partial charge in [-0.05, 0) is 41.4 Å². The second-order valence-corrected chi connectivity index (χ2v) is 6.00. The highest BCUT2D eigenvalue weighted by Gasteiger charge is 2.38. The van der Waals surface area contributed by atoms with Gasteiger partial charge in [0.15, 0.2) is 5.69 Å². The Kier molecular flexibility index (Phi) is 5.16. The van der Waals surface area contributed by atoms with Gasteiger partial charge in [0.05, 0.1) is 15.1 Å². The molecule has 0 saturated heterocycles. The van der Waals surface area contributed by atoms with Gasteiger partial charge in [0.1, 0.15) is 6.54 Å². The van der Waals surface area contributed by atoms with Gasteiger partial charge < -0.3 is 5.32 Å². The first-order valence-corrected chi connectivity index (χ1v) is 7.65. The lowest BCUT2D eigenvalue weighted by atomic mass is 10.2. The van der Waals surface area contributed by atoms with E-state index in [1.807, 2.05) is 0 Å². The highest BCUT2D eigenvalue weighted by molar-refractivity contribution is 9.10. The molecule has 0 unspecified atom stereocenters. The molecule has 0 bridgehead atoms. The topological polar surface area (TPSA) is 90.1 Å². The van der Waals surface area contributed by atoms with E-state index in [1.165, 1.54) is 25.1 Å². The molecule has 0 fully saturated rings. The van der Waals surface area contributed by atoms with Crippen LogP contribution in [0.2, 0.25) is 0 Å². The predicted octanol–water partition coefficient (Wildman–Crippen LogP) is 3.83. The van der Waals surface area contributed by atoms with E-state index in [-0.39, 0.29) is 15.9 Å². The van der Waals surface area contributed by atoms with Crippen LogP contribution < -0.4 is 5.32 Å². The van der Waals surface area contributed by atoms with Crippen LogP contribution in [0.25, 0.3) is 0 Å². The van der Waals surface area contributed by atoms with Gasteiger partial charge in [0, 0.05) is 17.8 Å². The summed E-state index contributed by atoms with van der Waals surface area (Å²) < 4.78 is 39.2. The Labute approximate surface area is 148 Å². The number of non-ortho nitro benzene ring substituents is 1. The maximum absolute atomic E-state index is 12.8. The number of alkyl halides is 3. The molecule has 25 heavy (non-hydrogen) atoms. The average Bonchev–Trinajstić information content (AvgIpc) is 2.77. The van der Waals surface area contributed by atoms with Gasteiger partial charge in [0.25, 0.3) is 5.69 Å². The number of carbonyl (C=O) groups excluding carboxylic acids is 1. The Balaban J connectivity index is 2.17. The number of amides is 1. The fourth-order valence-corrected chi connectivity index (χ4v) is 2.60. The van der Waals surface area contributed by atoms with Gasteiger partial charge in [-0.1, -0.05) is 0 Å². The fraction of sp³-hybridized carbons (Fsp3) is 0.286. The number of nitrogens with one attached hydrogen (secondary N) is 1. The predicted molar refractivity (Wildman–Crippen MR) is 86.1 cm³/mol. The first-order chi connectivity index (χ1) is 11.5. The molecule has 1 heterocycles. The summed E-state index contributed by atoms with van der Waals surface area (Å²) in [5, 5.41) is 16.6. The number of nitrogens with zero attached hydrogens (tertiary/aromatic N) is 3. The summed E-state index contributed by atoms with van der Waals surface area (Å²) in [5.74, 6) is -0.608. The van der Waals surface area contributed by atoms with Crippen molar-refractivity contribution in [3.8, 4) is 0 Å². The van der Waals surface area contributed by atoms with Gasteiger partial charge in [0.2, 0.25) is 5.91 Å². The summed E-state index contributed by atoms with van der Waals surface area (Å²) >= 11 is 2.83. The van der Waals surface area contributed by atoms with Crippen molar-refractivity contribution < 1.29 is 22.9 Å². The van der Waals surface area contributed by atoms with Crippen molar-refractivity contribution in [2.75, 3.05) is 5.32 Å². The summed E-state index contributed by atoms with van der Waals surface area (Å²) in [6.07, 6.45) is -4.64. The zero-order chi connectivity index (χ0) is 18.9. The number of aryl methyl sites for hydroxylation is 1. The molecule has 0 spiro atoms. The molecule has 1 aromatic heterocycles. The summed E-state index contributed by atoms with van der Waals surface area (Å²) in [5.41, 5.74) is -0.295. The minimum Gasteiger partial charge on any atom is -0.324 e. The molecule has 0 aliphatic rings. The van der Waals surface area contributed by atoms with Crippen LogP contribution in [0.15, 0.2) is 22.7 Å². The minimum atomic E-state index is -4.64. The quantitative estimate of drug-likeness (QED) is 0.600. The van der Waals surface area contributed by atoms with Crippen LogP contribution in [0.3, 0.4) is 0 Å². The van der Waals surface area contributed by atoms with Crippen molar-refractivity contribution in [2.45, 2.75) is 26.6 Å². The number of nitro benzene ring substituents is 1. The molecule has 2 rings (SSSR count). The molecule has 1 amide bonds. The van der Waals surface area contributed by atoms with Crippen LogP contribution in [-0.2, 0) is 17.5 Å². The molecule has 0 saturated carbocycles. The molecule has 11 heteroatoms. The third-order valence-electron chi connectivity index (χ3n) is 3.39. The maximum atomic E-state index is 12.8. The number of rotatable bonds is 4. The lowest BCUT2D eigenvalue weighted by molar-refractivity contribution is -0.384. The van der Waals surface area contributed by atoms with Crippen LogP contribution in [0.4, 0.5) is 24.5 Å². The zero-order valence-corrected chi connectivity index (χ0v) is 14.6. The molecule has 134 valence electrons. The third kappa shape index (κ3) is 4.16. The molecule has 1 N–H and O–H groups in total. The molecule has 0 aliphatic carbocycles. The van der Waals surface area contributed by atoms with Crippen molar-refractivity contribution >= 4 is 33.2 Å². The smallest absolute Gasteiger partial charge is 0.324 e. The lowest BCUT2D eigenvalue weighted by Crippen LogP contribution is -2.21. The monoisotopic (exact) mass is 420 g/mol. The lowest BCUT2D eigenvalue weighted by Gasteiger charge is -2.09. The van der Waals surface area contributed by atoms with Crippen molar-refractivity contribution in [3.05, 3.63) is 49.7 Å². The Bertz CT molecular complexity index is 849. The molecule has 0 radical (unpaired) electrons. The number of nitro groups is 1. The minimum absolute atomic E-state index is 0.128. The summed E-state index contributed by atoms with van der Waals surface area (Å²) in [6.45, 7) is 2.54. The molecule has 7 nitrogen and oxygen atoms in total. The normalized spacial score (nSPS) is 11.4. The number of benzene rings is 1. The largest absolute Gasteiger partial charge is 0.436 e. The second kappa shape index (κ2) is 6.82. The van der Waals surface area contributed by atoms with E-state index < -0.39 is 29.2 Å². The van der Waals surface area contributed by atoms with Gasteiger partial charge in [-0.25, -0.2) is 0 Å². The van der Waals surface area contributed by atoms with Gasteiger partial charge in [-0.3, -0.25) is 19.6 Å². The van der Waals surface area contributed by atoms with Crippen molar-refractivity contribution in [3.63, 3.8) is 0 Å². The van der Waals surface area contributed by atoms with E-state index in [4.69, 9.17) is 0 Å². The van der Waals surface area contributed by atoms with Crippen LogP contribution in [0.5, 0.6) is 0 Å². The number of carbonyl (C=O) groups is 1.